The summed E-state index contributed by atoms with van der Waals surface area (Å²) in [5.41, 5.74) is 2.51. The van der Waals surface area contributed by atoms with Gasteiger partial charge in [0, 0.05) is 11.8 Å². The first-order chi connectivity index (χ1) is 11.8. The van der Waals surface area contributed by atoms with Crippen LogP contribution in [0.15, 0.2) is 65.6 Å². The lowest BCUT2D eigenvalue weighted by molar-refractivity contribution is 0.414. The Bertz CT molecular complexity index is 1050. The fraction of sp³-hybridized carbons (Fsp3) is 0.0556. The monoisotopic (exact) mass is 318 g/mol. The van der Waals surface area contributed by atoms with E-state index in [1.807, 2.05) is 60.8 Å². The van der Waals surface area contributed by atoms with Gasteiger partial charge in [0.15, 0.2) is 5.52 Å². The van der Waals surface area contributed by atoms with Crippen LogP contribution in [0, 0.1) is 0 Å². The van der Waals surface area contributed by atoms with Crippen molar-refractivity contribution in [3.8, 4) is 22.7 Å². The Morgan fingerprint density at radius 3 is 2.50 bits per heavy atom. The summed E-state index contributed by atoms with van der Waals surface area (Å²) >= 11 is 0. The summed E-state index contributed by atoms with van der Waals surface area (Å²) in [5, 5.41) is 11.8. The molecule has 6 heteroatoms. The van der Waals surface area contributed by atoms with Crippen LogP contribution in [-0.2, 0) is 0 Å². The summed E-state index contributed by atoms with van der Waals surface area (Å²) in [6, 6.07) is 17.2. The molecule has 0 radical (unpaired) electrons. The van der Waals surface area contributed by atoms with Crippen molar-refractivity contribution >= 4 is 10.9 Å². The van der Waals surface area contributed by atoms with E-state index in [2.05, 4.69) is 15.3 Å². The second kappa shape index (κ2) is 5.66. The first kappa shape index (κ1) is 14.2. The summed E-state index contributed by atoms with van der Waals surface area (Å²) in [6.45, 7) is 0. The maximum atomic E-state index is 12.1. The molecular formula is C18H14N4O2. The molecular weight excluding hydrogens is 304 g/mol. The largest absolute Gasteiger partial charge is 0.497 e. The molecule has 0 bridgehead atoms. The zero-order valence-electron chi connectivity index (χ0n) is 12.9. The fourth-order valence-corrected chi connectivity index (χ4v) is 2.62. The molecule has 0 spiro atoms. The van der Waals surface area contributed by atoms with Crippen LogP contribution in [0.3, 0.4) is 0 Å². The van der Waals surface area contributed by atoms with Gasteiger partial charge in [-0.3, -0.25) is 4.79 Å². The van der Waals surface area contributed by atoms with Gasteiger partial charge in [0.1, 0.15) is 11.4 Å². The van der Waals surface area contributed by atoms with E-state index in [4.69, 9.17) is 4.74 Å². The van der Waals surface area contributed by atoms with Gasteiger partial charge < -0.3 is 4.74 Å². The highest BCUT2D eigenvalue weighted by molar-refractivity contribution is 5.91. The molecule has 0 fully saturated rings. The highest BCUT2D eigenvalue weighted by Crippen LogP contribution is 2.24. The van der Waals surface area contributed by atoms with Gasteiger partial charge >= 0.3 is 0 Å². The van der Waals surface area contributed by atoms with E-state index in [0.29, 0.717) is 16.6 Å². The molecule has 2 aromatic carbocycles. The number of aromatic nitrogens is 4. The molecule has 1 N–H and O–H groups in total. The predicted molar refractivity (Wildman–Crippen MR) is 91.5 cm³/mol. The SMILES string of the molecule is COc1ccc(-n2cc3c(-c4ccccc4)n[nH]c(=O)c3n2)cc1. The van der Waals surface area contributed by atoms with E-state index >= 15 is 0 Å². The van der Waals surface area contributed by atoms with E-state index in [0.717, 1.165) is 17.0 Å². The van der Waals surface area contributed by atoms with Crippen molar-refractivity contribution in [1.82, 2.24) is 20.0 Å². The van der Waals surface area contributed by atoms with Crippen LogP contribution in [0.4, 0.5) is 0 Å². The number of ether oxygens (including phenoxy) is 1. The number of methoxy groups -OCH3 is 1. The molecule has 2 heterocycles. The number of nitrogens with one attached hydrogen (secondary N) is 1. The molecule has 0 aliphatic carbocycles. The number of fused-ring (bicyclic) bond motifs is 1. The highest BCUT2D eigenvalue weighted by atomic mass is 16.5. The minimum atomic E-state index is -0.308. The van der Waals surface area contributed by atoms with Gasteiger partial charge in [0.05, 0.1) is 18.2 Å². The van der Waals surface area contributed by atoms with Crippen LogP contribution < -0.4 is 10.3 Å². The number of hydrogen-bond acceptors (Lipinski definition) is 4. The molecule has 2 aromatic heterocycles. The van der Waals surface area contributed by atoms with Gasteiger partial charge in [0.2, 0.25) is 0 Å². The van der Waals surface area contributed by atoms with Gasteiger partial charge in [-0.25, -0.2) is 9.78 Å². The average molecular weight is 318 g/mol. The van der Waals surface area contributed by atoms with Crippen LogP contribution in [0.1, 0.15) is 0 Å². The molecule has 0 aliphatic heterocycles. The summed E-state index contributed by atoms with van der Waals surface area (Å²) in [4.78, 5) is 12.1. The maximum absolute atomic E-state index is 12.1. The summed E-state index contributed by atoms with van der Waals surface area (Å²) < 4.78 is 6.84. The van der Waals surface area contributed by atoms with E-state index < -0.39 is 0 Å². The Morgan fingerprint density at radius 1 is 1.04 bits per heavy atom. The van der Waals surface area contributed by atoms with Crippen LogP contribution in [0.5, 0.6) is 5.75 Å². The van der Waals surface area contributed by atoms with Gasteiger partial charge in [-0.15, -0.1) is 0 Å². The summed E-state index contributed by atoms with van der Waals surface area (Å²) in [7, 11) is 1.62. The first-order valence-corrected chi connectivity index (χ1v) is 7.44. The van der Waals surface area contributed by atoms with Crippen molar-refractivity contribution in [2.24, 2.45) is 0 Å². The van der Waals surface area contributed by atoms with Crippen LogP contribution >= 0.6 is 0 Å². The standard InChI is InChI=1S/C18H14N4O2/c1-24-14-9-7-13(8-10-14)22-11-15-16(12-5-3-2-4-6-12)19-20-18(23)17(15)21-22/h2-11H,1H3,(H,20,23). The molecule has 6 nitrogen and oxygen atoms in total. The summed E-state index contributed by atoms with van der Waals surface area (Å²) in [6.07, 6.45) is 1.82. The Labute approximate surface area is 137 Å². The normalized spacial score (nSPS) is 10.9. The Balaban J connectivity index is 1.91. The lowest BCUT2D eigenvalue weighted by Crippen LogP contribution is -2.09. The molecule has 24 heavy (non-hydrogen) atoms. The van der Waals surface area contributed by atoms with Crippen molar-refractivity contribution in [1.29, 1.82) is 0 Å². The molecule has 4 aromatic rings. The van der Waals surface area contributed by atoms with Crippen LogP contribution in [-0.4, -0.2) is 27.1 Å². The quantitative estimate of drug-likeness (QED) is 0.630. The van der Waals surface area contributed by atoms with Crippen molar-refractivity contribution < 1.29 is 4.74 Å². The lowest BCUT2D eigenvalue weighted by Gasteiger charge is -2.02. The van der Waals surface area contributed by atoms with Crippen molar-refractivity contribution in [2.45, 2.75) is 0 Å². The van der Waals surface area contributed by atoms with Crippen molar-refractivity contribution in [3.63, 3.8) is 0 Å². The van der Waals surface area contributed by atoms with Crippen molar-refractivity contribution in [3.05, 3.63) is 71.1 Å². The molecule has 118 valence electrons. The minimum Gasteiger partial charge on any atom is -0.497 e. The molecule has 0 unspecified atom stereocenters. The molecule has 0 aliphatic rings. The van der Waals surface area contributed by atoms with Gasteiger partial charge in [0.25, 0.3) is 5.56 Å². The molecule has 0 saturated carbocycles. The Kier molecular flexibility index (Phi) is 3.35. The number of nitrogens with zero attached hydrogens (tertiary/aromatic N) is 3. The fourth-order valence-electron chi connectivity index (χ4n) is 2.62. The zero-order valence-corrected chi connectivity index (χ0v) is 12.9. The average Bonchev–Trinajstić information content (AvgIpc) is 3.09. The number of rotatable bonds is 3. The third-order valence-corrected chi connectivity index (χ3v) is 3.84. The lowest BCUT2D eigenvalue weighted by atomic mass is 10.1. The third kappa shape index (κ3) is 2.34. The Hall–Kier alpha value is -3.41. The van der Waals surface area contributed by atoms with Gasteiger partial charge in [-0.2, -0.15) is 10.2 Å². The predicted octanol–water partition coefficient (Wildman–Crippen LogP) is 2.78. The molecule has 0 amide bonds. The zero-order chi connectivity index (χ0) is 16.5. The minimum absolute atomic E-state index is 0.308. The highest BCUT2D eigenvalue weighted by Gasteiger charge is 2.13. The van der Waals surface area contributed by atoms with E-state index in [1.165, 1.54) is 0 Å². The van der Waals surface area contributed by atoms with E-state index in [1.54, 1.807) is 11.8 Å². The van der Waals surface area contributed by atoms with Crippen LogP contribution in [0.25, 0.3) is 27.8 Å². The van der Waals surface area contributed by atoms with Crippen molar-refractivity contribution in [2.75, 3.05) is 7.11 Å². The third-order valence-electron chi connectivity index (χ3n) is 3.84. The van der Waals surface area contributed by atoms with Crippen LogP contribution in [0.2, 0.25) is 0 Å². The first-order valence-electron chi connectivity index (χ1n) is 7.44. The second-order valence-corrected chi connectivity index (χ2v) is 5.30. The molecule has 0 atom stereocenters. The number of benzene rings is 2. The topological polar surface area (TPSA) is 72.8 Å². The molecule has 4 rings (SSSR count). The second-order valence-electron chi connectivity index (χ2n) is 5.30. The number of H-pyrrole nitrogens is 1. The number of aromatic amines is 1. The number of hydrogen-bond donors (Lipinski definition) is 1. The Morgan fingerprint density at radius 2 is 1.79 bits per heavy atom. The summed E-state index contributed by atoms with van der Waals surface area (Å²) in [5.74, 6) is 0.764. The molecule has 0 saturated heterocycles. The van der Waals surface area contributed by atoms with Gasteiger partial charge in [-0.05, 0) is 24.3 Å². The maximum Gasteiger partial charge on any atom is 0.292 e. The van der Waals surface area contributed by atoms with Gasteiger partial charge in [-0.1, -0.05) is 30.3 Å². The van der Waals surface area contributed by atoms with E-state index in [9.17, 15) is 4.79 Å². The smallest absolute Gasteiger partial charge is 0.292 e. The van der Waals surface area contributed by atoms with E-state index in [-0.39, 0.29) is 5.56 Å².